The third-order valence-electron chi connectivity index (χ3n) is 3.92. The molecule has 20 heavy (non-hydrogen) atoms. The first-order valence-corrected chi connectivity index (χ1v) is 8.89. The molecule has 0 saturated carbocycles. The second-order valence-electron chi connectivity index (χ2n) is 5.49. The fourth-order valence-corrected chi connectivity index (χ4v) is 3.29. The Bertz CT molecular complexity index is 403. The Kier molecular flexibility index (Phi) is 8.34. The topological polar surface area (TPSA) is 15.3 Å². The second kappa shape index (κ2) is 9.19. The van der Waals surface area contributed by atoms with Crippen molar-refractivity contribution in [2.75, 3.05) is 20.6 Å². The Labute approximate surface area is 140 Å². The van der Waals surface area contributed by atoms with E-state index >= 15 is 0 Å². The Morgan fingerprint density at radius 3 is 2.25 bits per heavy atom. The summed E-state index contributed by atoms with van der Waals surface area (Å²) in [6.07, 6.45) is 2.48. The molecular weight excluding hydrogens is 380 g/mol. The van der Waals surface area contributed by atoms with Crippen LogP contribution in [0.15, 0.2) is 27.1 Å². The van der Waals surface area contributed by atoms with Crippen LogP contribution in [0.3, 0.4) is 0 Å². The first-order valence-electron chi connectivity index (χ1n) is 7.30. The van der Waals surface area contributed by atoms with Crippen LogP contribution in [0.25, 0.3) is 0 Å². The standard InChI is InChI=1S/C16H26Br2N2/c1-5-13(6-2)16(20(3)4)11-19-10-12-7-8-14(17)15(18)9-12/h7-9,13,16,19H,5-6,10-11H2,1-4H3. The number of benzene rings is 1. The highest BCUT2D eigenvalue weighted by Gasteiger charge is 2.19. The van der Waals surface area contributed by atoms with Crippen molar-refractivity contribution in [2.45, 2.75) is 39.3 Å². The number of nitrogens with zero attached hydrogens (tertiary/aromatic N) is 1. The summed E-state index contributed by atoms with van der Waals surface area (Å²) in [6.45, 7) is 6.52. The fraction of sp³-hybridized carbons (Fsp3) is 0.625. The molecule has 2 nitrogen and oxygen atoms in total. The predicted octanol–water partition coefficient (Wildman–Crippen LogP) is 4.67. The number of nitrogens with one attached hydrogen (secondary N) is 1. The zero-order valence-corrected chi connectivity index (χ0v) is 16.1. The van der Waals surface area contributed by atoms with Gasteiger partial charge in [0.1, 0.15) is 0 Å². The predicted molar refractivity (Wildman–Crippen MR) is 95.1 cm³/mol. The summed E-state index contributed by atoms with van der Waals surface area (Å²) in [5, 5.41) is 3.60. The van der Waals surface area contributed by atoms with E-state index in [-0.39, 0.29) is 0 Å². The van der Waals surface area contributed by atoms with E-state index in [0.717, 1.165) is 28.0 Å². The maximum atomic E-state index is 3.60. The van der Waals surface area contributed by atoms with Gasteiger partial charge in [0.2, 0.25) is 0 Å². The summed E-state index contributed by atoms with van der Waals surface area (Å²) in [6, 6.07) is 7.01. The zero-order chi connectivity index (χ0) is 15.1. The lowest BCUT2D eigenvalue weighted by atomic mass is 9.93. The summed E-state index contributed by atoms with van der Waals surface area (Å²) in [5.41, 5.74) is 1.31. The number of rotatable bonds is 8. The number of likely N-dealkylation sites (N-methyl/N-ethyl adjacent to an activating group) is 1. The van der Waals surface area contributed by atoms with Crippen molar-refractivity contribution in [1.29, 1.82) is 0 Å². The van der Waals surface area contributed by atoms with Crippen LogP contribution in [-0.2, 0) is 6.54 Å². The van der Waals surface area contributed by atoms with Crippen molar-refractivity contribution in [3.8, 4) is 0 Å². The van der Waals surface area contributed by atoms with Crippen molar-refractivity contribution in [2.24, 2.45) is 5.92 Å². The van der Waals surface area contributed by atoms with Crippen LogP contribution in [0.1, 0.15) is 32.3 Å². The molecule has 1 rings (SSSR count). The van der Waals surface area contributed by atoms with Crippen molar-refractivity contribution in [3.05, 3.63) is 32.7 Å². The minimum Gasteiger partial charge on any atom is -0.311 e. The van der Waals surface area contributed by atoms with Crippen LogP contribution in [0.2, 0.25) is 0 Å². The van der Waals surface area contributed by atoms with E-state index in [0.29, 0.717) is 6.04 Å². The molecule has 0 amide bonds. The molecule has 0 aliphatic carbocycles. The molecule has 4 heteroatoms. The molecule has 0 aliphatic rings. The van der Waals surface area contributed by atoms with E-state index in [1.807, 2.05) is 0 Å². The Morgan fingerprint density at radius 1 is 1.10 bits per heavy atom. The molecule has 0 aliphatic heterocycles. The molecule has 1 aromatic rings. The van der Waals surface area contributed by atoms with Gasteiger partial charge in [-0.3, -0.25) is 0 Å². The number of hydrogen-bond acceptors (Lipinski definition) is 2. The first-order chi connectivity index (χ1) is 9.49. The van der Waals surface area contributed by atoms with Gasteiger partial charge in [0, 0.05) is 28.1 Å². The number of hydrogen-bond donors (Lipinski definition) is 1. The third kappa shape index (κ3) is 5.47. The maximum Gasteiger partial charge on any atom is 0.0320 e. The lowest BCUT2D eigenvalue weighted by molar-refractivity contribution is 0.194. The average molecular weight is 406 g/mol. The van der Waals surface area contributed by atoms with E-state index in [1.165, 1.54) is 18.4 Å². The van der Waals surface area contributed by atoms with Gasteiger partial charge in [-0.25, -0.2) is 0 Å². The monoisotopic (exact) mass is 404 g/mol. The van der Waals surface area contributed by atoms with Crippen molar-refractivity contribution >= 4 is 31.9 Å². The molecule has 0 saturated heterocycles. The maximum absolute atomic E-state index is 3.60. The molecule has 0 heterocycles. The molecule has 0 spiro atoms. The van der Waals surface area contributed by atoms with Gasteiger partial charge in [-0.15, -0.1) is 0 Å². The van der Waals surface area contributed by atoms with Gasteiger partial charge < -0.3 is 10.2 Å². The Hall–Kier alpha value is 0.1000. The minimum atomic E-state index is 0.601. The molecular formula is C16H26Br2N2. The van der Waals surface area contributed by atoms with E-state index < -0.39 is 0 Å². The van der Waals surface area contributed by atoms with Crippen LogP contribution in [-0.4, -0.2) is 31.6 Å². The summed E-state index contributed by atoms with van der Waals surface area (Å²) in [7, 11) is 4.36. The van der Waals surface area contributed by atoms with Crippen molar-refractivity contribution in [3.63, 3.8) is 0 Å². The highest BCUT2D eigenvalue weighted by atomic mass is 79.9. The van der Waals surface area contributed by atoms with Crippen LogP contribution in [0.5, 0.6) is 0 Å². The molecule has 1 unspecified atom stereocenters. The molecule has 0 bridgehead atoms. The van der Waals surface area contributed by atoms with Gasteiger partial charge in [-0.2, -0.15) is 0 Å². The first kappa shape index (κ1) is 18.1. The van der Waals surface area contributed by atoms with Gasteiger partial charge in [-0.1, -0.05) is 32.8 Å². The lowest BCUT2D eigenvalue weighted by Gasteiger charge is -2.31. The summed E-state index contributed by atoms with van der Waals surface area (Å²) < 4.78 is 2.21. The molecule has 0 aromatic heterocycles. The van der Waals surface area contributed by atoms with Crippen molar-refractivity contribution < 1.29 is 0 Å². The van der Waals surface area contributed by atoms with Gasteiger partial charge in [0.25, 0.3) is 0 Å². The molecule has 0 fully saturated rings. The summed E-state index contributed by atoms with van der Waals surface area (Å²) in [5.74, 6) is 0.758. The average Bonchev–Trinajstić information content (AvgIpc) is 2.42. The zero-order valence-electron chi connectivity index (χ0n) is 12.9. The fourth-order valence-electron chi connectivity index (χ4n) is 2.62. The van der Waals surface area contributed by atoms with Gasteiger partial charge in [0.05, 0.1) is 0 Å². The largest absolute Gasteiger partial charge is 0.311 e. The number of halogens is 2. The highest BCUT2D eigenvalue weighted by Crippen LogP contribution is 2.23. The lowest BCUT2D eigenvalue weighted by Crippen LogP contribution is -2.42. The summed E-state index contributed by atoms with van der Waals surface area (Å²) in [4.78, 5) is 2.35. The van der Waals surface area contributed by atoms with Crippen LogP contribution >= 0.6 is 31.9 Å². The van der Waals surface area contributed by atoms with Crippen molar-refractivity contribution in [1.82, 2.24) is 10.2 Å². The molecule has 1 N–H and O–H groups in total. The van der Waals surface area contributed by atoms with Crippen LogP contribution in [0.4, 0.5) is 0 Å². The highest BCUT2D eigenvalue weighted by molar-refractivity contribution is 9.13. The van der Waals surface area contributed by atoms with Crippen LogP contribution < -0.4 is 5.32 Å². The SMILES string of the molecule is CCC(CC)C(CNCc1ccc(Br)c(Br)c1)N(C)C. The third-order valence-corrected chi connectivity index (χ3v) is 5.80. The Balaban J connectivity index is 2.53. The molecule has 0 radical (unpaired) electrons. The van der Waals surface area contributed by atoms with Crippen LogP contribution in [0, 0.1) is 5.92 Å². The quantitative estimate of drug-likeness (QED) is 0.675. The van der Waals surface area contributed by atoms with Gasteiger partial charge in [-0.05, 0) is 69.6 Å². The van der Waals surface area contributed by atoms with Gasteiger partial charge in [0.15, 0.2) is 0 Å². The van der Waals surface area contributed by atoms with E-state index in [9.17, 15) is 0 Å². The minimum absolute atomic E-state index is 0.601. The molecule has 1 aromatic carbocycles. The van der Waals surface area contributed by atoms with E-state index in [4.69, 9.17) is 0 Å². The molecule has 114 valence electrons. The molecule has 1 atom stereocenters. The van der Waals surface area contributed by atoms with Gasteiger partial charge >= 0.3 is 0 Å². The van der Waals surface area contributed by atoms with E-state index in [1.54, 1.807) is 0 Å². The smallest absolute Gasteiger partial charge is 0.0320 e. The summed E-state index contributed by atoms with van der Waals surface area (Å²) >= 11 is 7.06. The Morgan fingerprint density at radius 2 is 1.75 bits per heavy atom. The normalized spacial score (nSPS) is 13.2. The van der Waals surface area contributed by atoms with E-state index in [2.05, 4.69) is 88.2 Å². The second-order valence-corrected chi connectivity index (χ2v) is 7.20.